The number of alkyl halides is 3. The van der Waals surface area contributed by atoms with Gasteiger partial charge in [-0.15, -0.1) is 0 Å². The van der Waals surface area contributed by atoms with Crippen molar-refractivity contribution in [3.63, 3.8) is 0 Å². The van der Waals surface area contributed by atoms with E-state index in [-0.39, 0.29) is 5.69 Å². The lowest BCUT2D eigenvalue weighted by molar-refractivity contribution is -0.137. The van der Waals surface area contributed by atoms with Crippen LogP contribution in [0.25, 0.3) is 0 Å². The first kappa shape index (κ1) is 13.7. The van der Waals surface area contributed by atoms with E-state index in [1.807, 2.05) is 0 Å². The van der Waals surface area contributed by atoms with Crippen LogP contribution in [0.1, 0.15) is 5.56 Å². The Morgan fingerprint density at radius 2 is 1.84 bits per heavy atom. The van der Waals surface area contributed by atoms with Crippen molar-refractivity contribution in [1.29, 1.82) is 0 Å². The molecule has 19 heavy (non-hydrogen) atoms. The zero-order chi connectivity index (χ0) is 14.0. The summed E-state index contributed by atoms with van der Waals surface area (Å²) >= 11 is 1.07. The number of halogens is 4. The molecule has 2 N–H and O–H groups in total. The summed E-state index contributed by atoms with van der Waals surface area (Å²) < 4.78 is 49.9. The summed E-state index contributed by atoms with van der Waals surface area (Å²) in [6.45, 7) is 0. The SMILES string of the molecule is Nc1cc(F)ccc1Sc1ccc(C(F)(F)F)cn1. The largest absolute Gasteiger partial charge is 0.417 e. The van der Waals surface area contributed by atoms with Gasteiger partial charge in [0.2, 0.25) is 0 Å². The molecule has 0 bridgehead atoms. The standard InChI is InChI=1S/C12H8F4N2S/c13-8-2-3-10(9(17)5-8)19-11-4-1-7(6-18-11)12(14,15)16/h1-6H,17H2. The highest BCUT2D eigenvalue weighted by Gasteiger charge is 2.30. The van der Waals surface area contributed by atoms with E-state index in [0.29, 0.717) is 9.92 Å². The van der Waals surface area contributed by atoms with Crippen molar-refractivity contribution in [1.82, 2.24) is 4.98 Å². The van der Waals surface area contributed by atoms with E-state index in [4.69, 9.17) is 5.73 Å². The quantitative estimate of drug-likeness (QED) is 0.671. The van der Waals surface area contributed by atoms with Crippen molar-refractivity contribution >= 4 is 17.4 Å². The Morgan fingerprint density at radius 3 is 2.37 bits per heavy atom. The molecule has 2 aromatic rings. The molecule has 0 spiro atoms. The van der Waals surface area contributed by atoms with E-state index in [2.05, 4.69) is 4.98 Å². The van der Waals surface area contributed by atoms with Crippen LogP contribution in [0, 0.1) is 5.82 Å². The fourth-order valence-corrected chi connectivity index (χ4v) is 2.11. The highest BCUT2D eigenvalue weighted by atomic mass is 32.2. The molecule has 0 saturated carbocycles. The minimum atomic E-state index is -4.41. The van der Waals surface area contributed by atoms with Gasteiger partial charge in [-0.1, -0.05) is 11.8 Å². The van der Waals surface area contributed by atoms with Crippen LogP contribution in [0.5, 0.6) is 0 Å². The Hall–Kier alpha value is -1.76. The molecule has 0 fully saturated rings. The van der Waals surface area contributed by atoms with Crippen molar-refractivity contribution in [3.8, 4) is 0 Å². The van der Waals surface area contributed by atoms with Crippen molar-refractivity contribution in [2.24, 2.45) is 0 Å². The number of hydrogen-bond donors (Lipinski definition) is 1. The van der Waals surface area contributed by atoms with E-state index in [0.717, 1.165) is 30.1 Å². The number of anilines is 1. The zero-order valence-corrected chi connectivity index (χ0v) is 10.2. The van der Waals surface area contributed by atoms with Crippen LogP contribution in [0.15, 0.2) is 46.5 Å². The number of hydrogen-bond acceptors (Lipinski definition) is 3. The first-order chi connectivity index (χ1) is 8.86. The van der Waals surface area contributed by atoms with Gasteiger partial charge in [0.05, 0.1) is 5.56 Å². The molecule has 100 valence electrons. The first-order valence-corrected chi connectivity index (χ1v) is 5.94. The molecule has 2 nitrogen and oxygen atoms in total. The molecule has 7 heteroatoms. The summed E-state index contributed by atoms with van der Waals surface area (Å²) in [4.78, 5) is 4.23. The van der Waals surface area contributed by atoms with E-state index in [9.17, 15) is 17.6 Å². The molecule has 0 amide bonds. The summed E-state index contributed by atoms with van der Waals surface area (Å²) in [7, 11) is 0. The second-order valence-electron chi connectivity index (χ2n) is 3.67. The van der Waals surface area contributed by atoms with Crippen LogP contribution in [0.3, 0.4) is 0 Å². The summed E-state index contributed by atoms with van der Waals surface area (Å²) in [5, 5.41) is 0.353. The van der Waals surface area contributed by atoms with Crippen molar-refractivity contribution in [2.75, 3.05) is 5.73 Å². The molecule has 1 aromatic heterocycles. The van der Waals surface area contributed by atoms with Gasteiger partial charge in [0.25, 0.3) is 0 Å². The number of nitrogen functional groups attached to an aromatic ring is 1. The fourth-order valence-electron chi connectivity index (χ4n) is 1.33. The van der Waals surface area contributed by atoms with Gasteiger partial charge in [0, 0.05) is 16.8 Å². The second kappa shape index (κ2) is 5.08. The number of rotatable bonds is 2. The normalized spacial score (nSPS) is 11.6. The predicted octanol–water partition coefficient (Wildman–Crippen LogP) is 3.97. The fraction of sp³-hybridized carbons (Fsp3) is 0.0833. The topological polar surface area (TPSA) is 38.9 Å². The Kier molecular flexibility index (Phi) is 3.66. The average Bonchev–Trinajstić information content (AvgIpc) is 2.32. The summed E-state index contributed by atoms with van der Waals surface area (Å²) in [5.74, 6) is -0.470. The van der Waals surface area contributed by atoms with E-state index in [1.165, 1.54) is 18.2 Å². The van der Waals surface area contributed by atoms with E-state index in [1.54, 1.807) is 0 Å². The monoisotopic (exact) mass is 288 g/mol. The first-order valence-electron chi connectivity index (χ1n) is 5.12. The van der Waals surface area contributed by atoms with Crippen molar-refractivity contribution in [2.45, 2.75) is 16.1 Å². The van der Waals surface area contributed by atoms with Crippen molar-refractivity contribution in [3.05, 3.63) is 47.9 Å². The molecule has 2 rings (SSSR count). The third-order valence-corrected chi connectivity index (χ3v) is 3.29. The summed E-state index contributed by atoms with van der Waals surface area (Å²) in [6, 6.07) is 6.01. The Balaban J connectivity index is 2.20. The van der Waals surface area contributed by atoms with E-state index < -0.39 is 17.6 Å². The number of nitrogens with zero attached hydrogens (tertiary/aromatic N) is 1. The Morgan fingerprint density at radius 1 is 1.11 bits per heavy atom. The number of nitrogens with two attached hydrogens (primary N) is 1. The van der Waals surface area contributed by atoms with Crippen LogP contribution in [0.4, 0.5) is 23.2 Å². The maximum absolute atomic E-state index is 12.8. The molecule has 1 aromatic carbocycles. The molecule has 0 atom stereocenters. The second-order valence-corrected chi connectivity index (χ2v) is 4.73. The maximum atomic E-state index is 12.8. The van der Waals surface area contributed by atoms with Crippen LogP contribution in [-0.4, -0.2) is 4.98 Å². The van der Waals surface area contributed by atoms with Gasteiger partial charge in [-0.3, -0.25) is 0 Å². The molecule has 0 saturated heterocycles. The van der Waals surface area contributed by atoms with Crippen LogP contribution in [-0.2, 0) is 6.18 Å². The van der Waals surface area contributed by atoms with Crippen LogP contribution < -0.4 is 5.73 Å². The maximum Gasteiger partial charge on any atom is 0.417 e. The smallest absolute Gasteiger partial charge is 0.398 e. The zero-order valence-electron chi connectivity index (χ0n) is 9.41. The van der Waals surface area contributed by atoms with Gasteiger partial charge in [-0.2, -0.15) is 13.2 Å². The minimum absolute atomic E-state index is 0.215. The molecule has 0 aliphatic heterocycles. The third kappa shape index (κ3) is 3.37. The van der Waals surface area contributed by atoms with Gasteiger partial charge < -0.3 is 5.73 Å². The number of pyridine rings is 1. The van der Waals surface area contributed by atoms with Gasteiger partial charge >= 0.3 is 6.18 Å². The lowest BCUT2D eigenvalue weighted by Gasteiger charge is -2.07. The highest BCUT2D eigenvalue weighted by Crippen LogP contribution is 2.33. The van der Waals surface area contributed by atoms with Crippen molar-refractivity contribution < 1.29 is 17.6 Å². The molecule has 0 aliphatic carbocycles. The van der Waals surface area contributed by atoms with Gasteiger partial charge in [0.15, 0.2) is 0 Å². The minimum Gasteiger partial charge on any atom is -0.398 e. The van der Waals surface area contributed by atoms with E-state index >= 15 is 0 Å². The molecular formula is C12H8F4N2S. The molecule has 1 heterocycles. The third-order valence-electron chi connectivity index (χ3n) is 2.25. The van der Waals surface area contributed by atoms with Crippen LogP contribution in [0.2, 0.25) is 0 Å². The Bertz CT molecular complexity index is 581. The molecule has 0 unspecified atom stereocenters. The lowest BCUT2D eigenvalue weighted by atomic mass is 10.3. The summed E-state index contributed by atoms with van der Waals surface area (Å²) in [6.07, 6.45) is -3.66. The average molecular weight is 288 g/mol. The van der Waals surface area contributed by atoms with Gasteiger partial charge in [-0.05, 0) is 30.3 Å². The summed E-state index contributed by atoms with van der Waals surface area (Å²) in [5.41, 5.74) is 5.00. The van der Waals surface area contributed by atoms with Crippen LogP contribution >= 0.6 is 11.8 Å². The highest BCUT2D eigenvalue weighted by molar-refractivity contribution is 7.99. The lowest BCUT2D eigenvalue weighted by Crippen LogP contribution is -2.05. The number of benzene rings is 1. The molecular weight excluding hydrogens is 280 g/mol. The number of aromatic nitrogens is 1. The predicted molar refractivity (Wildman–Crippen MR) is 64.2 cm³/mol. The molecule has 0 radical (unpaired) electrons. The molecule has 0 aliphatic rings. The Labute approximate surface area is 110 Å². The van der Waals surface area contributed by atoms with Gasteiger partial charge in [-0.25, -0.2) is 9.37 Å². The van der Waals surface area contributed by atoms with Gasteiger partial charge in [0.1, 0.15) is 10.8 Å².